The molecule has 4 nitrogen and oxygen atoms in total. The number of halogens is 2. The Labute approximate surface area is 139 Å². The summed E-state index contributed by atoms with van der Waals surface area (Å²) in [6.45, 7) is 3.81. The first-order valence-electron chi connectivity index (χ1n) is 6.64. The first-order valence-corrected chi connectivity index (χ1v) is 7.51. The number of carbonyl (C=O) groups excluding carboxylic acids is 1. The van der Waals surface area contributed by atoms with E-state index in [1.54, 1.807) is 11.8 Å². The van der Waals surface area contributed by atoms with Gasteiger partial charge in [-0.1, -0.05) is 23.2 Å². The Morgan fingerprint density at radius 3 is 2.36 bits per heavy atom. The van der Waals surface area contributed by atoms with Gasteiger partial charge in [0.1, 0.15) is 5.75 Å². The molecule has 0 atom stereocenters. The van der Waals surface area contributed by atoms with E-state index in [1.807, 2.05) is 44.2 Å². The summed E-state index contributed by atoms with van der Waals surface area (Å²) in [5.41, 5.74) is 3.20. The molecule has 0 N–H and O–H groups in total. The molecule has 0 aliphatic carbocycles. The Morgan fingerprint density at radius 2 is 1.91 bits per heavy atom. The lowest BCUT2D eigenvalue weighted by Gasteiger charge is -2.11. The maximum absolute atomic E-state index is 11.9. The monoisotopic (exact) mass is 338 g/mol. The minimum Gasteiger partial charge on any atom is -0.497 e. The van der Waals surface area contributed by atoms with Crippen molar-refractivity contribution in [2.45, 2.75) is 18.7 Å². The molecule has 0 aliphatic heterocycles. The van der Waals surface area contributed by atoms with Gasteiger partial charge in [-0.25, -0.2) is 4.68 Å². The molecule has 2 aromatic rings. The second-order valence-electron chi connectivity index (χ2n) is 4.80. The third kappa shape index (κ3) is 3.70. The molecule has 0 unspecified atom stereocenters. The van der Waals surface area contributed by atoms with Crippen LogP contribution in [-0.2, 0) is 4.79 Å². The predicted octanol–water partition coefficient (Wildman–Crippen LogP) is 3.77. The van der Waals surface area contributed by atoms with Crippen molar-refractivity contribution in [1.29, 1.82) is 0 Å². The van der Waals surface area contributed by atoms with Crippen molar-refractivity contribution in [3.8, 4) is 5.75 Å². The van der Waals surface area contributed by atoms with Gasteiger partial charge in [-0.15, -0.1) is 0 Å². The van der Waals surface area contributed by atoms with Crippen molar-refractivity contribution in [3.63, 3.8) is 0 Å². The second-order valence-corrected chi connectivity index (χ2v) is 5.90. The molecule has 0 saturated heterocycles. The maximum atomic E-state index is 11.9. The number of alkyl halides is 2. The number of carbonyl (C=O) groups is 1. The zero-order chi connectivity index (χ0) is 16.3. The molecular weight excluding hydrogens is 323 g/mol. The summed E-state index contributed by atoms with van der Waals surface area (Å²) >= 11 is 11.3. The molecule has 0 aliphatic rings. The van der Waals surface area contributed by atoms with Gasteiger partial charge in [0.25, 0.3) is 0 Å². The Bertz CT molecular complexity index is 703. The van der Waals surface area contributed by atoms with Crippen molar-refractivity contribution >= 4 is 34.7 Å². The van der Waals surface area contributed by atoms with E-state index in [2.05, 4.69) is 5.10 Å². The molecule has 0 radical (unpaired) electrons. The number of methoxy groups -OCH3 is 1. The van der Waals surface area contributed by atoms with Crippen LogP contribution in [-0.4, -0.2) is 27.5 Å². The minimum atomic E-state index is -1.11. The standard InChI is InChI=1S/C16H16Cl2N2O2/c1-10-8-11(2)20(19-10)14(9-15(21)16(17)18)12-4-6-13(22-3)7-5-12/h4-9,16H,1-3H3. The Kier molecular flexibility index (Phi) is 5.27. The molecular formula is C16H16Cl2N2O2. The number of rotatable bonds is 5. The maximum Gasteiger partial charge on any atom is 0.190 e. The highest BCUT2D eigenvalue weighted by atomic mass is 35.5. The van der Waals surface area contributed by atoms with E-state index in [0.717, 1.165) is 22.7 Å². The van der Waals surface area contributed by atoms with E-state index in [0.29, 0.717) is 5.70 Å². The molecule has 1 heterocycles. The summed E-state index contributed by atoms with van der Waals surface area (Å²) in [4.78, 5) is 10.8. The van der Waals surface area contributed by atoms with Crippen LogP contribution in [0.4, 0.5) is 0 Å². The van der Waals surface area contributed by atoms with Gasteiger partial charge in [0.05, 0.1) is 18.5 Å². The van der Waals surface area contributed by atoms with Crippen LogP contribution < -0.4 is 4.74 Å². The first-order chi connectivity index (χ1) is 10.4. The highest BCUT2D eigenvalue weighted by Crippen LogP contribution is 2.23. The van der Waals surface area contributed by atoms with Gasteiger partial charge in [-0.05, 0) is 44.2 Å². The van der Waals surface area contributed by atoms with Crippen molar-refractivity contribution in [3.05, 3.63) is 53.4 Å². The van der Waals surface area contributed by atoms with Crippen molar-refractivity contribution in [1.82, 2.24) is 9.78 Å². The van der Waals surface area contributed by atoms with Gasteiger partial charge in [0.15, 0.2) is 10.6 Å². The number of allylic oxidation sites excluding steroid dienone is 1. The van der Waals surface area contributed by atoms with Gasteiger partial charge < -0.3 is 4.74 Å². The molecule has 0 fully saturated rings. The summed E-state index contributed by atoms with van der Waals surface area (Å²) in [5, 5.41) is 4.42. The highest BCUT2D eigenvalue weighted by Gasteiger charge is 2.15. The summed E-state index contributed by atoms with van der Waals surface area (Å²) in [7, 11) is 1.60. The first kappa shape index (κ1) is 16.6. The Hall–Kier alpha value is -1.78. The number of benzene rings is 1. The fourth-order valence-electron chi connectivity index (χ4n) is 2.10. The summed E-state index contributed by atoms with van der Waals surface area (Å²) < 4.78 is 6.85. The SMILES string of the molecule is COc1ccc(C(=CC(=O)C(Cl)Cl)n2nc(C)cc2C)cc1. The lowest BCUT2D eigenvalue weighted by molar-refractivity contribution is -0.113. The molecule has 6 heteroatoms. The largest absolute Gasteiger partial charge is 0.497 e. The quantitative estimate of drug-likeness (QED) is 0.615. The smallest absolute Gasteiger partial charge is 0.190 e. The van der Waals surface area contributed by atoms with Gasteiger partial charge in [-0.3, -0.25) is 4.79 Å². The molecule has 1 aromatic heterocycles. The fraction of sp³-hybridized carbons (Fsp3) is 0.250. The predicted molar refractivity (Wildman–Crippen MR) is 88.6 cm³/mol. The Morgan fingerprint density at radius 1 is 1.27 bits per heavy atom. The van der Waals surface area contributed by atoms with E-state index in [4.69, 9.17) is 27.9 Å². The van der Waals surface area contributed by atoms with Crippen LogP contribution in [0.1, 0.15) is 17.0 Å². The van der Waals surface area contributed by atoms with E-state index in [1.165, 1.54) is 6.08 Å². The topological polar surface area (TPSA) is 44.1 Å². The van der Waals surface area contributed by atoms with E-state index in [-0.39, 0.29) is 5.78 Å². The number of hydrogen-bond donors (Lipinski definition) is 0. The molecule has 0 bridgehead atoms. The van der Waals surface area contributed by atoms with Crippen LogP contribution in [0.15, 0.2) is 36.4 Å². The molecule has 2 rings (SSSR count). The molecule has 22 heavy (non-hydrogen) atoms. The number of ketones is 1. The van der Waals surface area contributed by atoms with E-state index < -0.39 is 4.84 Å². The fourth-order valence-corrected chi connectivity index (χ4v) is 2.23. The summed E-state index contributed by atoms with van der Waals surface area (Å²) in [5.74, 6) is 0.345. The van der Waals surface area contributed by atoms with Gasteiger partial charge in [0, 0.05) is 17.3 Å². The molecule has 0 spiro atoms. The average Bonchev–Trinajstić information content (AvgIpc) is 2.83. The summed E-state index contributed by atoms with van der Waals surface area (Å²) in [6.07, 6.45) is 1.41. The molecule has 116 valence electrons. The molecule has 1 aromatic carbocycles. The average molecular weight is 339 g/mol. The number of aromatic nitrogens is 2. The van der Waals surface area contributed by atoms with E-state index >= 15 is 0 Å². The molecule has 0 saturated carbocycles. The Balaban J connectivity index is 2.54. The second kappa shape index (κ2) is 6.99. The third-order valence-electron chi connectivity index (χ3n) is 3.12. The van der Waals surface area contributed by atoms with Crippen molar-refractivity contribution in [2.24, 2.45) is 0 Å². The van der Waals surface area contributed by atoms with Crippen LogP contribution in [0, 0.1) is 13.8 Å². The van der Waals surface area contributed by atoms with Crippen LogP contribution in [0.25, 0.3) is 5.70 Å². The number of ether oxygens (including phenoxy) is 1. The lowest BCUT2D eigenvalue weighted by atomic mass is 10.1. The zero-order valence-electron chi connectivity index (χ0n) is 12.5. The van der Waals surface area contributed by atoms with E-state index in [9.17, 15) is 4.79 Å². The van der Waals surface area contributed by atoms with Crippen molar-refractivity contribution in [2.75, 3.05) is 7.11 Å². The number of hydrogen-bond acceptors (Lipinski definition) is 3. The number of aryl methyl sites for hydroxylation is 2. The lowest BCUT2D eigenvalue weighted by Crippen LogP contribution is -2.10. The van der Waals surface area contributed by atoms with Crippen molar-refractivity contribution < 1.29 is 9.53 Å². The third-order valence-corrected chi connectivity index (χ3v) is 3.55. The van der Waals surface area contributed by atoms with Gasteiger partial charge in [-0.2, -0.15) is 5.10 Å². The van der Waals surface area contributed by atoms with Crippen LogP contribution in [0.3, 0.4) is 0 Å². The van der Waals surface area contributed by atoms with Crippen LogP contribution in [0.2, 0.25) is 0 Å². The van der Waals surface area contributed by atoms with Crippen LogP contribution >= 0.6 is 23.2 Å². The van der Waals surface area contributed by atoms with Gasteiger partial charge >= 0.3 is 0 Å². The zero-order valence-corrected chi connectivity index (χ0v) is 14.0. The number of nitrogens with zero attached hydrogens (tertiary/aromatic N) is 2. The highest BCUT2D eigenvalue weighted by molar-refractivity contribution is 6.55. The summed E-state index contributed by atoms with van der Waals surface area (Å²) in [6, 6.07) is 9.27. The normalized spacial score (nSPS) is 11.8. The van der Waals surface area contributed by atoms with Crippen LogP contribution in [0.5, 0.6) is 5.75 Å². The van der Waals surface area contributed by atoms with Gasteiger partial charge in [0.2, 0.25) is 0 Å². The minimum absolute atomic E-state index is 0.387. The molecule has 0 amide bonds.